The van der Waals surface area contributed by atoms with Crippen LogP contribution in [-0.4, -0.2) is 17.7 Å². The SMILES string of the molecule is CC(=O)c1cccc(NC(=O)C(OC(=O)CCC2CCCC2)c2ccccc2)c1. The van der Waals surface area contributed by atoms with Crippen molar-refractivity contribution in [1.29, 1.82) is 0 Å². The smallest absolute Gasteiger partial charge is 0.306 e. The van der Waals surface area contributed by atoms with Crippen molar-refractivity contribution < 1.29 is 19.1 Å². The lowest BCUT2D eigenvalue weighted by Gasteiger charge is -2.19. The Bertz CT molecular complexity index is 856. The van der Waals surface area contributed by atoms with Crippen molar-refractivity contribution >= 4 is 23.3 Å². The van der Waals surface area contributed by atoms with Crippen molar-refractivity contribution in [3.63, 3.8) is 0 Å². The third-order valence-corrected chi connectivity index (χ3v) is 5.36. The quantitative estimate of drug-likeness (QED) is 0.501. The van der Waals surface area contributed by atoms with Gasteiger partial charge in [0.2, 0.25) is 6.10 Å². The molecule has 0 bridgehead atoms. The summed E-state index contributed by atoms with van der Waals surface area (Å²) in [5.41, 5.74) is 1.61. The van der Waals surface area contributed by atoms with E-state index >= 15 is 0 Å². The lowest BCUT2D eigenvalue weighted by Crippen LogP contribution is -2.26. The number of amides is 1. The number of hydrogen-bond donors (Lipinski definition) is 1. The summed E-state index contributed by atoms with van der Waals surface area (Å²) in [6.07, 6.45) is 4.89. The number of benzene rings is 2. The van der Waals surface area contributed by atoms with Crippen LogP contribution >= 0.6 is 0 Å². The zero-order valence-electron chi connectivity index (χ0n) is 16.7. The average Bonchev–Trinajstić information content (AvgIpc) is 3.25. The first-order chi connectivity index (χ1) is 14.0. The molecule has 0 radical (unpaired) electrons. The van der Waals surface area contributed by atoms with Gasteiger partial charge < -0.3 is 10.1 Å². The molecular formula is C24H27NO4. The first-order valence-electron chi connectivity index (χ1n) is 10.2. The summed E-state index contributed by atoms with van der Waals surface area (Å²) < 4.78 is 5.59. The van der Waals surface area contributed by atoms with Gasteiger partial charge in [0, 0.05) is 23.2 Å². The summed E-state index contributed by atoms with van der Waals surface area (Å²) in [4.78, 5) is 36.9. The molecule has 1 atom stereocenters. The van der Waals surface area contributed by atoms with E-state index < -0.39 is 12.0 Å². The van der Waals surface area contributed by atoms with Crippen LogP contribution in [0, 0.1) is 5.92 Å². The molecule has 1 amide bonds. The molecule has 1 aliphatic carbocycles. The normalized spacial score (nSPS) is 14.9. The third-order valence-electron chi connectivity index (χ3n) is 5.36. The molecule has 2 aromatic carbocycles. The first-order valence-corrected chi connectivity index (χ1v) is 10.2. The highest BCUT2D eigenvalue weighted by Gasteiger charge is 2.26. The number of nitrogens with one attached hydrogen (secondary N) is 1. The molecule has 5 heteroatoms. The fourth-order valence-electron chi connectivity index (χ4n) is 3.74. The second-order valence-corrected chi connectivity index (χ2v) is 7.60. The van der Waals surface area contributed by atoms with Crippen LogP contribution in [0.25, 0.3) is 0 Å². The molecule has 0 aliphatic heterocycles. The zero-order valence-corrected chi connectivity index (χ0v) is 16.7. The van der Waals surface area contributed by atoms with E-state index in [0.717, 1.165) is 6.42 Å². The standard InChI is InChI=1S/C24H27NO4/c1-17(26)20-12-7-13-21(16-20)25-24(28)23(19-10-3-2-4-11-19)29-22(27)15-14-18-8-5-6-9-18/h2-4,7,10-13,16,18,23H,5-6,8-9,14-15H2,1H3,(H,25,28). The predicted molar refractivity (Wildman–Crippen MR) is 112 cm³/mol. The minimum atomic E-state index is -1.03. The molecule has 0 heterocycles. The molecule has 5 nitrogen and oxygen atoms in total. The Balaban J connectivity index is 1.69. The van der Waals surface area contributed by atoms with Gasteiger partial charge in [-0.05, 0) is 31.4 Å². The Morgan fingerprint density at radius 3 is 2.45 bits per heavy atom. The van der Waals surface area contributed by atoms with Crippen molar-refractivity contribution in [2.45, 2.75) is 51.6 Å². The first kappa shape index (κ1) is 20.8. The van der Waals surface area contributed by atoms with Crippen LogP contribution in [0.3, 0.4) is 0 Å². The van der Waals surface area contributed by atoms with Crippen molar-refractivity contribution in [1.82, 2.24) is 0 Å². The van der Waals surface area contributed by atoms with Crippen LogP contribution in [0.15, 0.2) is 54.6 Å². The molecule has 0 spiro atoms. The Labute approximate surface area is 171 Å². The van der Waals surface area contributed by atoms with E-state index in [1.54, 1.807) is 48.5 Å². The molecule has 1 fully saturated rings. The van der Waals surface area contributed by atoms with Gasteiger partial charge in [-0.2, -0.15) is 0 Å². The van der Waals surface area contributed by atoms with E-state index in [1.165, 1.54) is 32.6 Å². The van der Waals surface area contributed by atoms with Crippen molar-refractivity contribution in [2.75, 3.05) is 5.32 Å². The molecule has 1 unspecified atom stereocenters. The lowest BCUT2D eigenvalue weighted by atomic mass is 10.0. The minimum Gasteiger partial charge on any atom is -0.447 e. The summed E-state index contributed by atoms with van der Waals surface area (Å²) >= 11 is 0. The summed E-state index contributed by atoms with van der Waals surface area (Å²) in [5.74, 6) is -0.301. The molecule has 1 saturated carbocycles. The van der Waals surface area contributed by atoms with Crippen LogP contribution in [0.1, 0.15) is 67.5 Å². The maximum Gasteiger partial charge on any atom is 0.306 e. The minimum absolute atomic E-state index is 0.0842. The average molecular weight is 393 g/mol. The lowest BCUT2D eigenvalue weighted by molar-refractivity contribution is -0.155. The number of Topliss-reactive ketones (excluding diaryl/α,β-unsaturated/α-hetero) is 1. The van der Waals surface area contributed by atoms with E-state index in [-0.39, 0.29) is 11.8 Å². The Kier molecular flexibility index (Phi) is 7.17. The van der Waals surface area contributed by atoms with E-state index in [1.807, 2.05) is 6.07 Å². The number of ketones is 1. The van der Waals surface area contributed by atoms with Gasteiger partial charge in [0.15, 0.2) is 5.78 Å². The fraction of sp³-hybridized carbons (Fsp3) is 0.375. The van der Waals surface area contributed by atoms with E-state index in [4.69, 9.17) is 4.74 Å². The van der Waals surface area contributed by atoms with Crippen LogP contribution in [0.5, 0.6) is 0 Å². The topological polar surface area (TPSA) is 72.5 Å². The summed E-state index contributed by atoms with van der Waals surface area (Å²) in [5, 5.41) is 2.77. The van der Waals surface area contributed by atoms with E-state index in [0.29, 0.717) is 29.2 Å². The van der Waals surface area contributed by atoms with Gasteiger partial charge in [-0.1, -0.05) is 68.1 Å². The Morgan fingerprint density at radius 1 is 1.03 bits per heavy atom. The molecule has 2 aromatic rings. The molecule has 29 heavy (non-hydrogen) atoms. The maximum atomic E-state index is 12.9. The number of rotatable bonds is 8. The molecule has 1 N–H and O–H groups in total. The molecule has 1 aliphatic rings. The Hall–Kier alpha value is -2.95. The number of hydrogen-bond acceptors (Lipinski definition) is 4. The fourth-order valence-corrected chi connectivity index (χ4v) is 3.74. The van der Waals surface area contributed by atoms with Crippen LogP contribution in [0.4, 0.5) is 5.69 Å². The number of carbonyl (C=O) groups is 3. The second-order valence-electron chi connectivity index (χ2n) is 7.60. The highest BCUT2D eigenvalue weighted by molar-refractivity contribution is 5.99. The van der Waals surface area contributed by atoms with E-state index in [2.05, 4.69) is 5.32 Å². The van der Waals surface area contributed by atoms with Gasteiger partial charge in [0.05, 0.1) is 0 Å². The third kappa shape index (κ3) is 6.01. The van der Waals surface area contributed by atoms with Gasteiger partial charge in [0.25, 0.3) is 5.91 Å². The van der Waals surface area contributed by atoms with Crippen LogP contribution in [-0.2, 0) is 14.3 Å². The van der Waals surface area contributed by atoms with Gasteiger partial charge >= 0.3 is 5.97 Å². The maximum absolute atomic E-state index is 12.9. The van der Waals surface area contributed by atoms with Gasteiger partial charge in [-0.15, -0.1) is 0 Å². The molecule has 3 rings (SSSR count). The summed E-state index contributed by atoms with van der Waals surface area (Å²) in [6, 6.07) is 15.7. The van der Waals surface area contributed by atoms with Gasteiger partial charge in [-0.25, -0.2) is 0 Å². The number of carbonyl (C=O) groups excluding carboxylic acids is 3. The van der Waals surface area contributed by atoms with Crippen molar-refractivity contribution in [3.05, 3.63) is 65.7 Å². The van der Waals surface area contributed by atoms with Gasteiger partial charge in [0.1, 0.15) is 0 Å². The van der Waals surface area contributed by atoms with Gasteiger partial charge in [-0.3, -0.25) is 14.4 Å². The van der Waals surface area contributed by atoms with Crippen molar-refractivity contribution in [2.24, 2.45) is 5.92 Å². The van der Waals surface area contributed by atoms with Crippen LogP contribution < -0.4 is 5.32 Å². The Morgan fingerprint density at radius 2 is 1.76 bits per heavy atom. The van der Waals surface area contributed by atoms with E-state index in [9.17, 15) is 14.4 Å². The predicted octanol–water partition coefficient (Wildman–Crippen LogP) is 5.08. The second kappa shape index (κ2) is 10.0. The summed E-state index contributed by atoms with van der Waals surface area (Å²) in [6.45, 7) is 1.47. The number of ether oxygens (including phenoxy) is 1. The highest BCUT2D eigenvalue weighted by atomic mass is 16.5. The highest BCUT2D eigenvalue weighted by Crippen LogP contribution is 2.29. The van der Waals surface area contributed by atoms with Crippen LogP contribution in [0.2, 0.25) is 0 Å². The number of anilines is 1. The number of esters is 1. The molecule has 0 saturated heterocycles. The largest absolute Gasteiger partial charge is 0.447 e. The zero-order chi connectivity index (χ0) is 20.6. The molecule has 152 valence electrons. The summed E-state index contributed by atoms with van der Waals surface area (Å²) in [7, 11) is 0. The van der Waals surface area contributed by atoms with Crippen molar-refractivity contribution in [3.8, 4) is 0 Å². The molecule has 0 aromatic heterocycles. The molecular weight excluding hydrogens is 366 g/mol. The monoisotopic (exact) mass is 393 g/mol.